The standard InChI is InChI=1S/C26H35N5O2/c1-22-6-2-3-7-24(22)20-28-12-4-14-30(18-16-28)25(32)21-29-13-5-15-31(19-17-29)26(33)23-8-10-27-11-9-23/h2-3,6-11H,4-5,12-21H2,1H3. The lowest BCUT2D eigenvalue weighted by molar-refractivity contribution is -0.132. The van der Waals surface area contributed by atoms with Crippen LogP contribution in [0.2, 0.25) is 0 Å². The molecule has 4 rings (SSSR count). The van der Waals surface area contributed by atoms with Crippen LogP contribution in [0.3, 0.4) is 0 Å². The molecule has 33 heavy (non-hydrogen) atoms. The Hall–Kier alpha value is -2.77. The number of pyridine rings is 1. The number of hydrogen-bond donors (Lipinski definition) is 0. The summed E-state index contributed by atoms with van der Waals surface area (Å²) < 4.78 is 0. The van der Waals surface area contributed by atoms with E-state index in [0.29, 0.717) is 18.7 Å². The van der Waals surface area contributed by atoms with Crippen LogP contribution in [0.15, 0.2) is 48.8 Å². The van der Waals surface area contributed by atoms with Gasteiger partial charge in [0, 0.05) is 76.9 Å². The fourth-order valence-electron chi connectivity index (χ4n) is 4.71. The zero-order valence-corrected chi connectivity index (χ0v) is 19.7. The van der Waals surface area contributed by atoms with Gasteiger partial charge in [0.25, 0.3) is 5.91 Å². The molecule has 2 aliphatic heterocycles. The summed E-state index contributed by atoms with van der Waals surface area (Å²) in [6.45, 7) is 10.0. The average molecular weight is 450 g/mol. The summed E-state index contributed by atoms with van der Waals surface area (Å²) >= 11 is 0. The van der Waals surface area contributed by atoms with Crippen molar-refractivity contribution in [1.29, 1.82) is 0 Å². The molecule has 1 aromatic heterocycles. The van der Waals surface area contributed by atoms with Gasteiger partial charge in [0.2, 0.25) is 5.91 Å². The van der Waals surface area contributed by atoms with E-state index < -0.39 is 0 Å². The van der Waals surface area contributed by atoms with Crippen molar-refractivity contribution in [1.82, 2.24) is 24.6 Å². The second kappa shape index (κ2) is 11.4. The Morgan fingerprint density at radius 1 is 0.788 bits per heavy atom. The third kappa shape index (κ3) is 6.39. The van der Waals surface area contributed by atoms with E-state index in [9.17, 15) is 9.59 Å². The van der Waals surface area contributed by atoms with Gasteiger partial charge in [-0.1, -0.05) is 24.3 Å². The molecule has 2 fully saturated rings. The van der Waals surface area contributed by atoms with E-state index in [1.807, 2.05) is 9.80 Å². The summed E-state index contributed by atoms with van der Waals surface area (Å²) in [5.74, 6) is 0.258. The van der Waals surface area contributed by atoms with Crippen LogP contribution in [0, 0.1) is 6.92 Å². The predicted octanol–water partition coefficient (Wildman–Crippen LogP) is 2.27. The van der Waals surface area contributed by atoms with E-state index in [4.69, 9.17) is 0 Å². The first-order valence-electron chi connectivity index (χ1n) is 12.1. The molecule has 2 aliphatic rings. The van der Waals surface area contributed by atoms with Crippen molar-refractivity contribution in [2.75, 3.05) is 58.9 Å². The SMILES string of the molecule is Cc1ccccc1CN1CCCN(C(=O)CN2CCCN(C(=O)c3ccncc3)CC2)CC1. The molecule has 1 aromatic carbocycles. The van der Waals surface area contributed by atoms with Gasteiger partial charge in [-0.05, 0) is 43.0 Å². The Morgan fingerprint density at radius 2 is 1.45 bits per heavy atom. The molecule has 0 unspecified atom stereocenters. The largest absolute Gasteiger partial charge is 0.340 e. The van der Waals surface area contributed by atoms with E-state index in [1.165, 1.54) is 11.1 Å². The predicted molar refractivity (Wildman–Crippen MR) is 129 cm³/mol. The van der Waals surface area contributed by atoms with Gasteiger partial charge in [-0.15, -0.1) is 0 Å². The number of aromatic nitrogens is 1. The summed E-state index contributed by atoms with van der Waals surface area (Å²) in [6.07, 6.45) is 5.19. The molecule has 176 valence electrons. The molecular weight excluding hydrogens is 414 g/mol. The molecule has 2 saturated heterocycles. The smallest absolute Gasteiger partial charge is 0.254 e. The maximum Gasteiger partial charge on any atom is 0.254 e. The molecule has 0 bridgehead atoms. The van der Waals surface area contributed by atoms with Crippen molar-refractivity contribution in [2.45, 2.75) is 26.3 Å². The Bertz CT molecular complexity index is 935. The maximum atomic E-state index is 13.1. The van der Waals surface area contributed by atoms with Gasteiger partial charge in [-0.3, -0.25) is 24.4 Å². The number of benzene rings is 1. The Balaban J connectivity index is 1.25. The van der Waals surface area contributed by atoms with E-state index in [0.717, 1.165) is 65.2 Å². The van der Waals surface area contributed by atoms with Crippen molar-refractivity contribution in [2.24, 2.45) is 0 Å². The van der Waals surface area contributed by atoms with E-state index >= 15 is 0 Å². The molecule has 2 aromatic rings. The molecule has 2 amide bonds. The van der Waals surface area contributed by atoms with Crippen LogP contribution < -0.4 is 0 Å². The molecule has 0 atom stereocenters. The van der Waals surface area contributed by atoms with E-state index in [1.54, 1.807) is 24.5 Å². The van der Waals surface area contributed by atoms with Crippen LogP contribution in [0.5, 0.6) is 0 Å². The minimum Gasteiger partial charge on any atom is -0.340 e. The lowest BCUT2D eigenvalue weighted by Crippen LogP contribution is -2.43. The van der Waals surface area contributed by atoms with E-state index in [-0.39, 0.29) is 11.8 Å². The number of aryl methyl sites for hydroxylation is 1. The van der Waals surface area contributed by atoms with Gasteiger partial charge in [0.1, 0.15) is 0 Å². The molecule has 7 nitrogen and oxygen atoms in total. The highest BCUT2D eigenvalue weighted by molar-refractivity contribution is 5.94. The van der Waals surface area contributed by atoms with Crippen molar-refractivity contribution < 1.29 is 9.59 Å². The summed E-state index contributed by atoms with van der Waals surface area (Å²) in [4.78, 5) is 38.4. The third-order valence-corrected chi connectivity index (χ3v) is 6.76. The summed E-state index contributed by atoms with van der Waals surface area (Å²) in [6, 6.07) is 12.1. The Morgan fingerprint density at radius 3 is 2.24 bits per heavy atom. The van der Waals surface area contributed by atoms with Gasteiger partial charge in [0.15, 0.2) is 0 Å². The molecule has 0 aliphatic carbocycles. The average Bonchev–Trinajstić information content (AvgIpc) is 3.22. The number of amides is 2. The van der Waals surface area contributed by atoms with Crippen LogP contribution in [0.25, 0.3) is 0 Å². The zero-order valence-electron chi connectivity index (χ0n) is 19.7. The van der Waals surface area contributed by atoms with Crippen LogP contribution >= 0.6 is 0 Å². The fraction of sp³-hybridized carbons (Fsp3) is 0.500. The van der Waals surface area contributed by atoms with Gasteiger partial charge in [-0.25, -0.2) is 0 Å². The minimum absolute atomic E-state index is 0.0480. The van der Waals surface area contributed by atoms with Crippen molar-refractivity contribution in [3.63, 3.8) is 0 Å². The number of carbonyl (C=O) groups excluding carboxylic acids is 2. The maximum absolute atomic E-state index is 13.1. The highest BCUT2D eigenvalue weighted by atomic mass is 16.2. The minimum atomic E-state index is 0.0480. The van der Waals surface area contributed by atoms with Crippen LogP contribution in [0.4, 0.5) is 0 Å². The van der Waals surface area contributed by atoms with Crippen LogP contribution in [0.1, 0.15) is 34.3 Å². The van der Waals surface area contributed by atoms with Gasteiger partial charge in [-0.2, -0.15) is 0 Å². The molecule has 0 N–H and O–H groups in total. The number of carbonyl (C=O) groups is 2. The molecule has 7 heteroatoms. The molecular formula is C26H35N5O2. The molecule has 0 radical (unpaired) electrons. The highest BCUT2D eigenvalue weighted by Gasteiger charge is 2.24. The molecule has 0 spiro atoms. The quantitative estimate of drug-likeness (QED) is 0.701. The van der Waals surface area contributed by atoms with Crippen molar-refractivity contribution in [3.8, 4) is 0 Å². The van der Waals surface area contributed by atoms with Gasteiger partial charge < -0.3 is 9.80 Å². The summed E-state index contributed by atoms with van der Waals surface area (Å²) in [5, 5.41) is 0. The Kier molecular flexibility index (Phi) is 8.07. The van der Waals surface area contributed by atoms with Gasteiger partial charge in [0.05, 0.1) is 6.54 Å². The first-order chi connectivity index (χ1) is 16.1. The topological polar surface area (TPSA) is 60.0 Å². The van der Waals surface area contributed by atoms with Gasteiger partial charge >= 0.3 is 0 Å². The monoisotopic (exact) mass is 449 g/mol. The number of nitrogens with zero attached hydrogens (tertiary/aromatic N) is 5. The first-order valence-corrected chi connectivity index (χ1v) is 12.1. The third-order valence-electron chi connectivity index (χ3n) is 6.76. The fourth-order valence-corrected chi connectivity index (χ4v) is 4.71. The lowest BCUT2D eigenvalue weighted by atomic mass is 10.1. The highest BCUT2D eigenvalue weighted by Crippen LogP contribution is 2.14. The Labute approximate surface area is 197 Å². The number of rotatable bonds is 5. The summed E-state index contributed by atoms with van der Waals surface area (Å²) in [7, 11) is 0. The van der Waals surface area contributed by atoms with E-state index in [2.05, 4.69) is 46.0 Å². The molecule has 3 heterocycles. The normalized spacial score (nSPS) is 18.6. The first kappa shape index (κ1) is 23.4. The zero-order chi connectivity index (χ0) is 23.0. The molecule has 0 saturated carbocycles. The van der Waals surface area contributed by atoms with Crippen molar-refractivity contribution >= 4 is 11.8 Å². The second-order valence-electron chi connectivity index (χ2n) is 9.09. The lowest BCUT2D eigenvalue weighted by Gasteiger charge is -2.26. The number of hydrogen-bond acceptors (Lipinski definition) is 5. The van der Waals surface area contributed by atoms with Crippen LogP contribution in [-0.2, 0) is 11.3 Å². The van der Waals surface area contributed by atoms with Crippen LogP contribution in [-0.4, -0.2) is 95.3 Å². The van der Waals surface area contributed by atoms with Crippen molar-refractivity contribution in [3.05, 3.63) is 65.5 Å². The second-order valence-corrected chi connectivity index (χ2v) is 9.09. The summed E-state index contributed by atoms with van der Waals surface area (Å²) in [5.41, 5.74) is 3.37.